The predicted octanol–water partition coefficient (Wildman–Crippen LogP) is 4.10. The molecular formula is C17H15F2N5S. The van der Waals surface area contributed by atoms with E-state index in [1.165, 1.54) is 11.3 Å². The zero-order chi connectivity index (χ0) is 17.8. The first-order chi connectivity index (χ1) is 12.0. The number of thiazole rings is 1. The zero-order valence-electron chi connectivity index (χ0n) is 13.6. The van der Waals surface area contributed by atoms with Gasteiger partial charge in [0.25, 0.3) is 6.43 Å². The van der Waals surface area contributed by atoms with Crippen LogP contribution in [0.15, 0.2) is 47.8 Å². The number of hydrogen-bond donors (Lipinski definition) is 0. The average molecular weight is 359 g/mol. The first-order valence-electron chi connectivity index (χ1n) is 7.42. The van der Waals surface area contributed by atoms with E-state index in [4.69, 9.17) is 0 Å². The highest BCUT2D eigenvalue weighted by atomic mass is 32.1. The molecule has 0 N–H and O–H groups in total. The van der Waals surface area contributed by atoms with Crippen LogP contribution in [0.5, 0.6) is 0 Å². The molecule has 3 aromatic heterocycles. The molecule has 0 aromatic carbocycles. The van der Waals surface area contributed by atoms with Crippen LogP contribution in [0.4, 0.5) is 8.78 Å². The highest BCUT2D eigenvalue weighted by Gasteiger charge is 2.22. The number of hydrogen-bond acceptors (Lipinski definition) is 6. The lowest BCUT2D eigenvalue weighted by Gasteiger charge is -2.04. The molecule has 0 atom stereocenters. The summed E-state index contributed by atoms with van der Waals surface area (Å²) in [6.45, 7) is 0. The van der Waals surface area contributed by atoms with Crippen LogP contribution in [0.25, 0.3) is 21.1 Å². The van der Waals surface area contributed by atoms with Crippen LogP contribution in [0.2, 0.25) is 0 Å². The first-order valence-corrected chi connectivity index (χ1v) is 8.24. The molecule has 0 aliphatic heterocycles. The number of pyridine rings is 2. The van der Waals surface area contributed by atoms with Crippen LogP contribution < -0.4 is 0 Å². The van der Waals surface area contributed by atoms with Gasteiger partial charge in [-0.3, -0.25) is 4.98 Å². The molecule has 3 aromatic rings. The number of aromatic nitrogens is 3. The van der Waals surface area contributed by atoms with E-state index in [0.717, 1.165) is 0 Å². The summed E-state index contributed by atoms with van der Waals surface area (Å²) in [5.41, 5.74) is 1.47. The number of halogens is 2. The SMILES string of the molecule is CN(C)/N=C/c1cccc(-c2sc(-c3cccnc3)nc2C(F)F)n1. The largest absolute Gasteiger partial charge is 0.303 e. The maximum Gasteiger partial charge on any atom is 0.281 e. The van der Waals surface area contributed by atoms with Gasteiger partial charge in [0.05, 0.1) is 22.5 Å². The summed E-state index contributed by atoms with van der Waals surface area (Å²) in [4.78, 5) is 12.9. The van der Waals surface area contributed by atoms with Crippen LogP contribution in [0, 0.1) is 0 Å². The van der Waals surface area contributed by atoms with Gasteiger partial charge >= 0.3 is 0 Å². The van der Waals surface area contributed by atoms with Crippen LogP contribution in [-0.2, 0) is 0 Å². The monoisotopic (exact) mass is 359 g/mol. The molecule has 0 saturated heterocycles. The Kier molecular flexibility index (Phi) is 5.08. The lowest BCUT2D eigenvalue weighted by molar-refractivity contribution is 0.147. The summed E-state index contributed by atoms with van der Waals surface area (Å²) in [7, 11) is 3.58. The van der Waals surface area contributed by atoms with Crippen LogP contribution in [0.3, 0.4) is 0 Å². The van der Waals surface area contributed by atoms with Crippen molar-refractivity contribution in [3.8, 4) is 21.1 Å². The van der Waals surface area contributed by atoms with E-state index in [9.17, 15) is 8.78 Å². The normalized spacial score (nSPS) is 11.4. The standard InChI is InChI=1S/C17H15F2N5S/c1-24(2)21-10-12-6-3-7-13(22-12)15-14(16(18)19)23-17(25-15)11-5-4-8-20-9-11/h3-10,16H,1-2H3/b21-10+. The van der Waals surface area contributed by atoms with Crippen molar-refractivity contribution < 1.29 is 8.78 Å². The predicted molar refractivity (Wildman–Crippen MR) is 94.8 cm³/mol. The summed E-state index contributed by atoms with van der Waals surface area (Å²) in [5, 5.41) is 6.24. The van der Waals surface area contributed by atoms with Crippen molar-refractivity contribution in [2.24, 2.45) is 5.10 Å². The van der Waals surface area contributed by atoms with E-state index < -0.39 is 6.43 Å². The molecule has 0 aliphatic carbocycles. The molecule has 3 rings (SSSR count). The molecule has 0 fully saturated rings. The Morgan fingerprint density at radius 1 is 1.16 bits per heavy atom. The van der Waals surface area contributed by atoms with E-state index in [1.807, 2.05) is 0 Å². The van der Waals surface area contributed by atoms with Crippen molar-refractivity contribution in [2.45, 2.75) is 6.43 Å². The van der Waals surface area contributed by atoms with E-state index >= 15 is 0 Å². The second-order valence-electron chi connectivity index (χ2n) is 5.32. The van der Waals surface area contributed by atoms with Crippen molar-refractivity contribution in [2.75, 3.05) is 14.1 Å². The van der Waals surface area contributed by atoms with E-state index in [2.05, 4.69) is 20.1 Å². The third-order valence-electron chi connectivity index (χ3n) is 3.19. The quantitative estimate of drug-likeness (QED) is 0.508. The molecule has 0 aliphatic rings. The molecular weight excluding hydrogens is 344 g/mol. The molecule has 0 unspecified atom stereocenters. The fourth-order valence-corrected chi connectivity index (χ4v) is 3.13. The van der Waals surface area contributed by atoms with E-state index in [0.29, 0.717) is 26.8 Å². The average Bonchev–Trinajstić information content (AvgIpc) is 3.07. The van der Waals surface area contributed by atoms with Gasteiger partial charge in [-0.25, -0.2) is 18.7 Å². The van der Waals surface area contributed by atoms with Crippen molar-refractivity contribution in [3.63, 3.8) is 0 Å². The Hall–Kier alpha value is -2.74. The van der Waals surface area contributed by atoms with Gasteiger partial charge in [0, 0.05) is 32.1 Å². The van der Waals surface area contributed by atoms with Gasteiger partial charge in [0.1, 0.15) is 10.7 Å². The zero-order valence-corrected chi connectivity index (χ0v) is 14.4. The van der Waals surface area contributed by atoms with Crippen molar-refractivity contribution >= 4 is 17.6 Å². The summed E-state index contributed by atoms with van der Waals surface area (Å²) in [5.74, 6) is 0. The minimum atomic E-state index is -2.68. The summed E-state index contributed by atoms with van der Waals surface area (Å²) in [6.07, 6.45) is 2.12. The summed E-state index contributed by atoms with van der Waals surface area (Å²) >= 11 is 1.18. The topological polar surface area (TPSA) is 54.3 Å². The Balaban J connectivity index is 2.04. The number of nitrogens with zero attached hydrogens (tertiary/aromatic N) is 5. The smallest absolute Gasteiger partial charge is 0.281 e. The second-order valence-corrected chi connectivity index (χ2v) is 6.31. The minimum Gasteiger partial charge on any atom is -0.303 e. The van der Waals surface area contributed by atoms with Crippen molar-refractivity contribution in [1.29, 1.82) is 0 Å². The third kappa shape index (κ3) is 4.03. The molecule has 128 valence electrons. The highest BCUT2D eigenvalue weighted by Crippen LogP contribution is 2.38. The second kappa shape index (κ2) is 7.43. The highest BCUT2D eigenvalue weighted by molar-refractivity contribution is 7.18. The lowest BCUT2D eigenvalue weighted by Crippen LogP contribution is -2.02. The third-order valence-corrected chi connectivity index (χ3v) is 4.34. The number of alkyl halides is 2. The van der Waals surface area contributed by atoms with Crippen LogP contribution >= 0.6 is 11.3 Å². The molecule has 0 radical (unpaired) electrons. The fourth-order valence-electron chi connectivity index (χ4n) is 2.10. The van der Waals surface area contributed by atoms with Gasteiger partial charge < -0.3 is 5.01 Å². The molecule has 25 heavy (non-hydrogen) atoms. The first kappa shape index (κ1) is 17.1. The van der Waals surface area contributed by atoms with E-state index in [-0.39, 0.29) is 5.69 Å². The van der Waals surface area contributed by atoms with Crippen LogP contribution in [0.1, 0.15) is 17.8 Å². The Morgan fingerprint density at radius 3 is 2.68 bits per heavy atom. The molecule has 0 bridgehead atoms. The maximum atomic E-state index is 13.5. The summed E-state index contributed by atoms with van der Waals surface area (Å²) in [6, 6.07) is 8.76. The molecule has 5 nitrogen and oxygen atoms in total. The van der Waals surface area contributed by atoms with Gasteiger partial charge in [-0.1, -0.05) is 6.07 Å². The minimum absolute atomic E-state index is 0.266. The Morgan fingerprint density at radius 2 is 2.00 bits per heavy atom. The van der Waals surface area contributed by atoms with Crippen molar-refractivity contribution in [1.82, 2.24) is 20.0 Å². The van der Waals surface area contributed by atoms with Gasteiger partial charge in [0.2, 0.25) is 0 Å². The lowest BCUT2D eigenvalue weighted by atomic mass is 10.2. The van der Waals surface area contributed by atoms with E-state index in [1.54, 1.807) is 68.0 Å². The number of hydrazone groups is 1. The van der Waals surface area contributed by atoms with Crippen LogP contribution in [-0.4, -0.2) is 40.3 Å². The molecule has 0 spiro atoms. The number of rotatable bonds is 5. The van der Waals surface area contributed by atoms with Crippen molar-refractivity contribution in [3.05, 3.63) is 54.1 Å². The van der Waals surface area contributed by atoms with Gasteiger partial charge in [-0.05, 0) is 24.3 Å². The van der Waals surface area contributed by atoms with Gasteiger partial charge in [-0.2, -0.15) is 5.10 Å². The fraction of sp³-hybridized carbons (Fsp3) is 0.176. The summed E-state index contributed by atoms with van der Waals surface area (Å²) < 4.78 is 26.9. The Bertz CT molecular complexity index is 878. The molecule has 8 heteroatoms. The molecule has 0 saturated carbocycles. The van der Waals surface area contributed by atoms with Gasteiger partial charge in [0.15, 0.2) is 0 Å². The molecule has 3 heterocycles. The van der Waals surface area contributed by atoms with Gasteiger partial charge in [-0.15, -0.1) is 11.3 Å². The maximum absolute atomic E-state index is 13.5. The Labute approximate surface area is 147 Å². The molecule has 0 amide bonds.